The summed E-state index contributed by atoms with van der Waals surface area (Å²) in [5, 5.41) is 0. The minimum Gasteiger partial charge on any atom is -0.478 e. The molecule has 2 aromatic heterocycles. The Kier molecular flexibility index (Phi) is 9.17. The number of rotatable bonds is 17. The molecule has 5 heteroatoms. The predicted molar refractivity (Wildman–Crippen MR) is 128 cm³/mol. The van der Waals surface area contributed by atoms with E-state index < -0.39 is 0 Å². The van der Waals surface area contributed by atoms with Crippen LogP contribution in [0.25, 0.3) is 11.3 Å². The number of unbranched alkanes of at least 4 members (excludes halogenated alkanes) is 6. The molecular weight excluding hydrogens is 398 g/mol. The van der Waals surface area contributed by atoms with Gasteiger partial charge in [-0.1, -0.05) is 77.0 Å². The maximum absolute atomic E-state index is 5.78. The lowest BCUT2D eigenvalue weighted by Crippen LogP contribution is -2.00. The molecule has 2 fully saturated rings. The first-order chi connectivity index (χ1) is 15.9. The monoisotopic (exact) mass is 437 g/mol. The van der Waals surface area contributed by atoms with Crippen molar-refractivity contribution >= 4 is 0 Å². The van der Waals surface area contributed by atoms with Gasteiger partial charge in [0.15, 0.2) is 0 Å². The van der Waals surface area contributed by atoms with Gasteiger partial charge in [-0.2, -0.15) is 0 Å². The summed E-state index contributed by atoms with van der Waals surface area (Å²) in [5.41, 5.74) is 1.74. The van der Waals surface area contributed by atoms with E-state index in [0.717, 1.165) is 42.5 Å². The molecule has 2 heterocycles. The first kappa shape index (κ1) is 23.0. The van der Waals surface area contributed by atoms with Crippen molar-refractivity contribution in [3.63, 3.8) is 0 Å². The Morgan fingerprint density at radius 1 is 0.594 bits per heavy atom. The van der Waals surface area contributed by atoms with E-state index in [1.807, 2.05) is 12.1 Å². The van der Waals surface area contributed by atoms with Gasteiger partial charge in [0, 0.05) is 17.8 Å². The first-order valence-electron chi connectivity index (χ1n) is 12.9. The third-order valence-electron chi connectivity index (χ3n) is 6.57. The fraction of sp³-hybridized carbons (Fsp3) is 0.667. The van der Waals surface area contributed by atoms with Crippen molar-refractivity contribution in [3.05, 3.63) is 30.7 Å². The topological polar surface area (TPSA) is 57.1 Å². The summed E-state index contributed by atoms with van der Waals surface area (Å²) in [6.07, 6.45) is 24.0. The summed E-state index contributed by atoms with van der Waals surface area (Å²) < 4.78 is 11.5. The van der Waals surface area contributed by atoms with Crippen LogP contribution >= 0.6 is 0 Å². The Labute approximate surface area is 193 Å². The van der Waals surface area contributed by atoms with Crippen LogP contribution in [0.4, 0.5) is 0 Å². The number of hydrogen-bond acceptors (Lipinski definition) is 5. The second kappa shape index (κ2) is 12.8. The highest BCUT2D eigenvalue weighted by Gasteiger charge is 2.20. The summed E-state index contributed by atoms with van der Waals surface area (Å²) in [4.78, 5) is 13.3. The lowest BCUT2D eigenvalue weighted by Gasteiger charge is -2.07. The van der Waals surface area contributed by atoms with E-state index in [0.29, 0.717) is 18.4 Å². The molecule has 0 radical (unpaired) electrons. The van der Waals surface area contributed by atoms with Crippen molar-refractivity contribution in [1.29, 1.82) is 0 Å². The minimum absolute atomic E-state index is 0.594. The number of hydrogen-bond donors (Lipinski definition) is 0. The van der Waals surface area contributed by atoms with E-state index >= 15 is 0 Å². The third-order valence-corrected chi connectivity index (χ3v) is 6.57. The molecule has 2 aromatic rings. The molecule has 0 saturated heterocycles. The Morgan fingerprint density at radius 3 is 1.72 bits per heavy atom. The zero-order valence-electron chi connectivity index (χ0n) is 19.5. The van der Waals surface area contributed by atoms with Gasteiger partial charge >= 0.3 is 0 Å². The maximum Gasteiger partial charge on any atom is 0.232 e. The molecule has 0 atom stereocenters. The number of aromatic nitrogens is 3. The Balaban J connectivity index is 1.07. The van der Waals surface area contributed by atoms with E-state index in [1.165, 1.54) is 77.0 Å². The van der Waals surface area contributed by atoms with Crippen LogP contribution in [0.5, 0.6) is 11.8 Å². The van der Waals surface area contributed by atoms with E-state index in [1.54, 1.807) is 18.6 Å². The number of ether oxygens (including phenoxy) is 2. The van der Waals surface area contributed by atoms with Crippen LogP contribution < -0.4 is 9.47 Å². The van der Waals surface area contributed by atoms with Gasteiger partial charge in [0.1, 0.15) is 0 Å². The maximum atomic E-state index is 5.78. The van der Waals surface area contributed by atoms with Crippen molar-refractivity contribution < 1.29 is 9.47 Å². The van der Waals surface area contributed by atoms with Crippen LogP contribution in [0.15, 0.2) is 30.7 Å². The largest absolute Gasteiger partial charge is 0.478 e. The highest BCUT2D eigenvalue weighted by molar-refractivity contribution is 5.57. The smallest absolute Gasteiger partial charge is 0.232 e. The van der Waals surface area contributed by atoms with Gasteiger partial charge in [-0.3, -0.25) is 0 Å². The lowest BCUT2D eigenvalue weighted by molar-refractivity contribution is 0.292. The zero-order chi connectivity index (χ0) is 21.8. The van der Waals surface area contributed by atoms with Crippen LogP contribution in [0.2, 0.25) is 0 Å². The molecular formula is C27H39N3O2. The molecule has 0 amide bonds. The highest BCUT2D eigenvalue weighted by atomic mass is 16.5. The Bertz CT molecular complexity index is 703. The number of nitrogens with zero attached hydrogens (tertiary/aromatic N) is 3. The van der Waals surface area contributed by atoms with E-state index in [9.17, 15) is 0 Å². The first-order valence-corrected chi connectivity index (χ1v) is 12.9. The molecule has 2 aliphatic carbocycles. The molecule has 4 rings (SSSR count). The summed E-state index contributed by atoms with van der Waals surface area (Å²) >= 11 is 0. The SMILES string of the molecule is c1cc(OCCCCCCC2CC2)ncc1-c1cnc(OCCCCCCC2CC2)cn1. The molecule has 0 unspecified atom stereocenters. The van der Waals surface area contributed by atoms with E-state index in [4.69, 9.17) is 9.47 Å². The molecule has 174 valence electrons. The molecule has 5 nitrogen and oxygen atoms in total. The molecule has 2 saturated carbocycles. The zero-order valence-corrected chi connectivity index (χ0v) is 19.5. The second-order valence-corrected chi connectivity index (χ2v) is 9.61. The second-order valence-electron chi connectivity index (χ2n) is 9.61. The highest BCUT2D eigenvalue weighted by Crippen LogP contribution is 2.34. The van der Waals surface area contributed by atoms with Crippen molar-refractivity contribution in [2.75, 3.05) is 13.2 Å². The average molecular weight is 438 g/mol. The van der Waals surface area contributed by atoms with Crippen LogP contribution in [0.1, 0.15) is 89.9 Å². The van der Waals surface area contributed by atoms with Crippen LogP contribution in [-0.2, 0) is 0 Å². The molecule has 2 aliphatic rings. The van der Waals surface area contributed by atoms with Crippen molar-refractivity contribution in [2.45, 2.75) is 89.9 Å². The normalized spacial score (nSPS) is 15.6. The molecule has 0 aromatic carbocycles. The van der Waals surface area contributed by atoms with Crippen molar-refractivity contribution in [2.24, 2.45) is 11.8 Å². The Hall–Kier alpha value is -2.17. The van der Waals surface area contributed by atoms with E-state index in [2.05, 4.69) is 15.0 Å². The molecule has 0 spiro atoms. The van der Waals surface area contributed by atoms with Gasteiger partial charge in [-0.05, 0) is 30.7 Å². The molecule has 0 aliphatic heterocycles. The van der Waals surface area contributed by atoms with Gasteiger partial charge in [-0.15, -0.1) is 0 Å². The lowest BCUT2D eigenvalue weighted by atomic mass is 10.1. The van der Waals surface area contributed by atoms with E-state index in [-0.39, 0.29) is 0 Å². The summed E-state index contributed by atoms with van der Waals surface area (Å²) in [6.45, 7) is 1.45. The van der Waals surface area contributed by atoms with Gasteiger partial charge in [-0.25, -0.2) is 15.0 Å². The van der Waals surface area contributed by atoms with Crippen LogP contribution in [0, 0.1) is 11.8 Å². The fourth-order valence-corrected chi connectivity index (χ4v) is 4.10. The fourth-order valence-electron chi connectivity index (χ4n) is 4.10. The summed E-state index contributed by atoms with van der Waals surface area (Å²) in [7, 11) is 0. The molecule has 0 bridgehead atoms. The Morgan fingerprint density at radius 2 is 1.19 bits per heavy atom. The van der Waals surface area contributed by atoms with Gasteiger partial charge in [0.2, 0.25) is 11.8 Å². The van der Waals surface area contributed by atoms with Crippen molar-refractivity contribution in [1.82, 2.24) is 15.0 Å². The van der Waals surface area contributed by atoms with Crippen LogP contribution in [-0.4, -0.2) is 28.2 Å². The minimum atomic E-state index is 0.594. The quantitative estimate of drug-likeness (QED) is 0.249. The molecule has 32 heavy (non-hydrogen) atoms. The average Bonchev–Trinajstić information content (AvgIpc) is 3.74. The predicted octanol–water partition coefficient (Wildman–Crippen LogP) is 7.02. The third kappa shape index (κ3) is 8.76. The molecule has 0 N–H and O–H groups in total. The standard InChI is InChI=1S/C27H39N3O2/c1(5-9-22-11-12-22)3-7-17-31-26-16-15-24(19-29-26)25-20-30-27(21-28-25)32-18-8-4-2-6-10-23-13-14-23/h15-16,19-23H,1-14,17-18H2. The van der Waals surface area contributed by atoms with Gasteiger partial charge in [0.05, 0.1) is 31.3 Å². The number of pyridine rings is 1. The van der Waals surface area contributed by atoms with Crippen molar-refractivity contribution in [3.8, 4) is 23.0 Å². The summed E-state index contributed by atoms with van der Waals surface area (Å²) in [5.74, 6) is 3.38. The van der Waals surface area contributed by atoms with Crippen LogP contribution in [0.3, 0.4) is 0 Å². The summed E-state index contributed by atoms with van der Waals surface area (Å²) in [6, 6.07) is 3.90. The van der Waals surface area contributed by atoms with Gasteiger partial charge < -0.3 is 9.47 Å². The van der Waals surface area contributed by atoms with Gasteiger partial charge in [0.25, 0.3) is 0 Å².